The molecule has 0 N–H and O–H groups in total. The van der Waals surface area contributed by atoms with Gasteiger partial charge in [-0.05, 0) is 44.5 Å². The number of nitro groups is 1. The number of para-hydroxylation sites is 2. The lowest BCUT2D eigenvalue weighted by Crippen LogP contribution is -2.43. The van der Waals surface area contributed by atoms with Gasteiger partial charge in [-0.1, -0.05) is 59.9 Å². The number of rotatable bonds is 9. The summed E-state index contributed by atoms with van der Waals surface area (Å²) in [6.45, 7) is 7.24. The number of fused-ring (bicyclic) bond motifs is 2. The van der Waals surface area contributed by atoms with E-state index >= 15 is 0 Å². The highest BCUT2D eigenvalue weighted by molar-refractivity contribution is 7.07. The summed E-state index contributed by atoms with van der Waals surface area (Å²) in [6.07, 6.45) is 3.87. The van der Waals surface area contributed by atoms with Crippen molar-refractivity contribution >= 4 is 39.9 Å². The van der Waals surface area contributed by atoms with Crippen LogP contribution in [0.25, 0.3) is 17.0 Å². The molecule has 0 radical (unpaired) electrons. The Hall–Kier alpha value is -5.29. The van der Waals surface area contributed by atoms with Crippen LogP contribution in [0.1, 0.15) is 43.5 Å². The van der Waals surface area contributed by atoms with Gasteiger partial charge in [0.2, 0.25) is 0 Å². The minimum atomic E-state index is -0.717. The number of hydrogen-bond acceptors (Lipinski definition) is 7. The summed E-state index contributed by atoms with van der Waals surface area (Å²) in [4.78, 5) is 46.0. The molecule has 10 nitrogen and oxygen atoms in total. The van der Waals surface area contributed by atoms with E-state index < -0.39 is 11.0 Å². The lowest BCUT2D eigenvalue weighted by Gasteiger charge is -2.29. The second-order valence-electron chi connectivity index (χ2n) is 11.0. The van der Waals surface area contributed by atoms with Crippen molar-refractivity contribution in [1.29, 1.82) is 0 Å². The zero-order chi connectivity index (χ0) is 32.5. The standard InChI is InChI=1S/C35H33N5O5S/c1-5-37(6-2)34(42)31-22(3)36-35-39(32(31)27-12-8-10-14-29(27)45-4)33(41)30(46-35)19-24-21-38(28-13-9-7-11-26(24)28)20-23-15-17-25(18-16-23)40(43)44/h7-19,21,32H,5-6,20H2,1-4H3/b30-19+/t32-/m0/s1. The van der Waals surface area contributed by atoms with Crippen molar-refractivity contribution in [2.45, 2.75) is 33.4 Å². The van der Waals surface area contributed by atoms with Gasteiger partial charge in [-0.15, -0.1) is 0 Å². The average Bonchev–Trinajstić information content (AvgIpc) is 3.56. The maximum Gasteiger partial charge on any atom is 0.271 e. The Bertz CT molecular complexity index is 2190. The molecule has 11 heteroatoms. The number of thiazole rings is 1. The van der Waals surface area contributed by atoms with Crippen LogP contribution in [0.5, 0.6) is 5.75 Å². The molecule has 0 aliphatic carbocycles. The number of amides is 1. The van der Waals surface area contributed by atoms with Crippen LogP contribution in [0.4, 0.5) is 5.69 Å². The second kappa shape index (κ2) is 12.6. The van der Waals surface area contributed by atoms with E-state index in [0.717, 1.165) is 22.0 Å². The number of ether oxygens (including phenoxy) is 1. The molecule has 1 aliphatic rings. The molecular formula is C35H33N5O5S. The number of non-ortho nitro benzene ring substituents is 1. The summed E-state index contributed by atoms with van der Waals surface area (Å²) in [5.41, 5.74) is 4.26. The van der Waals surface area contributed by atoms with Crippen molar-refractivity contribution in [2.75, 3.05) is 20.2 Å². The summed E-state index contributed by atoms with van der Waals surface area (Å²) in [7, 11) is 1.58. The number of methoxy groups -OCH3 is 1. The molecule has 1 amide bonds. The van der Waals surface area contributed by atoms with Crippen LogP contribution in [0, 0.1) is 10.1 Å². The number of allylic oxidation sites excluding steroid dienone is 1. The van der Waals surface area contributed by atoms with Crippen LogP contribution in [-0.2, 0) is 11.3 Å². The van der Waals surface area contributed by atoms with Crippen molar-refractivity contribution in [3.05, 3.63) is 137 Å². The molecule has 0 bridgehead atoms. The number of carbonyl (C=O) groups excluding carboxylic acids is 1. The Morgan fingerprint density at radius 1 is 1.07 bits per heavy atom. The van der Waals surface area contributed by atoms with Gasteiger partial charge in [0.1, 0.15) is 11.8 Å². The van der Waals surface area contributed by atoms with Gasteiger partial charge in [-0.25, -0.2) is 4.99 Å². The minimum Gasteiger partial charge on any atom is -0.496 e. The smallest absolute Gasteiger partial charge is 0.271 e. The summed E-state index contributed by atoms with van der Waals surface area (Å²) in [5, 5.41) is 12.1. The molecule has 0 saturated carbocycles. The third kappa shape index (κ3) is 5.43. The molecule has 234 valence electrons. The molecule has 0 saturated heterocycles. The van der Waals surface area contributed by atoms with E-state index in [4.69, 9.17) is 9.73 Å². The van der Waals surface area contributed by atoms with Gasteiger partial charge in [0.25, 0.3) is 17.2 Å². The molecule has 0 spiro atoms. The Labute approximate surface area is 269 Å². The highest BCUT2D eigenvalue weighted by Crippen LogP contribution is 2.36. The molecule has 5 aromatic rings. The Morgan fingerprint density at radius 3 is 2.46 bits per heavy atom. The van der Waals surface area contributed by atoms with Crippen molar-refractivity contribution in [3.63, 3.8) is 0 Å². The number of benzene rings is 3. The molecule has 3 aromatic carbocycles. The number of carbonyl (C=O) groups is 1. The summed E-state index contributed by atoms with van der Waals surface area (Å²) in [5.74, 6) is 0.418. The lowest BCUT2D eigenvalue weighted by atomic mass is 9.94. The van der Waals surface area contributed by atoms with Gasteiger partial charge in [0.15, 0.2) is 4.80 Å². The number of aromatic nitrogens is 2. The monoisotopic (exact) mass is 635 g/mol. The lowest BCUT2D eigenvalue weighted by molar-refractivity contribution is -0.384. The fourth-order valence-electron chi connectivity index (χ4n) is 6.04. The van der Waals surface area contributed by atoms with Crippen LogP contribution in [-0.4, -0.2) is 45.1 Å². The molecule has 3 heterocycles. The van der Waals surface area contributed by atoms with E-state index in [-0.39, 0.29) is 17.2 Å². The van der Waals surface area contributed by atoms with E-state index in [2.05, 4.69) is 4.57 Å². The van der Waals surface area contributed by atoms with Gasteiger partial charge in [0, 0.05) is 60.0 Å². The van der Waals surface area contributed by atoms with Gasteiger partial charge >= 0.3 is 0 Å². The molecule has 2 aromatic heterocycles. The number of hydrogen-bond donors (Lipinski definition) is 0. The highest BCUT2D eigenvalue weighted by Gasteiger charge is 2.35. The maximum atomic E-state index is 14.3. The van der Waals surface area contributed by atoms with E-state index in [1.54, 1.807) is 28.7 Å². The van der Waals surface area contributed by atoms with E-state index in [1.807, 2.05) is 81.6 Å². The molecule has 46 heavy (non-hydrogen) atoms. The van der Waals surface area contributed by atoms with Crippen LogP contribution in [0.2, 0.25) is 0 Å². The van der Waals surface area contributed by atoms with Crippen LogP contribution in [0.3, 0.4) is 0 Å². The first-order chi connectivity index (χ1) is 22.2. The van der Waals surface area contributed by atoms with E-state index in [9.17, 15) is 19.7 Å². The quantitative estimate of drug-likeness (QED) is 0.167. The molecular weight excluding hydrogens is 602 g/mol. The second-order valence-corrected chi connectivity index (χ2v) is 12.0. The van der Waals surface area contributed by atoms with Gasteiger partial charge in [0.05, 0.1) is 27.8 Å². The summed E-state index contributed by atoms with van der Waals surface area (Å²) < 4.78 is 9.89. The van der Waals surface area contributed by atoms with E-state index in [0.29, 0.717) is 51.6 Å². The topological polar surface area (TPSA) is 112 Å². The average molecular weight is 636 g/mol. The third-order valence-corrected chi connectivity index (χ3v) is 9.33. The van der Waals surface area contributed by atoms with Crippen LogP contribution < -0.4 is 19.6 Å². The third-order valence-electron chi connectivity index (χ3n) is 8.34. The van der Waals surface area contributed by atoms with Gasteiger partial charge < -0.3 is 14.2 Å². The van der Waals surface area contributed by atoms with Crippen LogP contribution in [0.15, 0.2) is 100 Å². The van der Waals surface area contributed by atoms with Crippen molar-refractivity contribution in [2.24, 2.45) is 4.99 Å². The fraction of sp³-hybridized carbons (Fsp3) is 0.229. The van der Waals surface area contributed by atoms with Crippen molar-refractivity contribution in [3.8, 4) is 5.75 Å². The molecule has 6 rings (SSSR count). The number of nitro benzene ring substituents is 1. The normalized spacial score (nSPS) is 14.7. The molecule has 0 fully saturated rings. The van der Waals surface area contributed by atoms with Gasteiger partial charge in [-0.3, -0.25) is 24.3 Å². The summed E-state index contributed by atoms with van der Waals surface area (Å²) in [6, 6.07) is 21.2. The minimum absolute atomic E-state index is 0.0424. The van der Waals surface area contributed by atoms with Crippen LogP contribution >= 0.6 is 11.3 Å². The Kier molecular flexibility index (Phi) is 8.42. The van der Waals surface area contributed by atoms with Crippen molar-refractivity contribution < 1.29 is 14.5 Å². The zero-order valence-electron chi connectivity index (χ0n) is 26.0. The number of nitrogens with zero attached hydrogens (tertiary/aromatic N) is 5. The van der Waals surface area contributed by atoms with Crippen molar-refractivity contribution in [1.82, 2.24) is 14.0 Å². The zero-order valence-corrected chi connectivity index (χ0v) is 26.8. The first-order valence-electron chi connectivity index (χ1n) is 15.0. The van der Waals surface area contributed by atoms with E-state index in [1.165, 1.54) is 23.5 Å². The molecule has 0 unspecified atom stereocenters. The fourth-order valence-corrected chi connectivity index (χ4v) is 7.08. The largest absolute Gasteiger partial charge is 0.496 e. The predicted octanol–water partition coefficient (Wildman–Crippen LogP) is 5.02. The van der Waals surface area contributed by atoms with Gasteiger partial charge in [-0.2, -0.15) is 0 Å². The Balaban J connectivity index is 1.50. The number of likely N-dealkylation sites (N-methyl/N-ethyl adjacent to an activating group) is 1. The Morgan fingerprint density at radius 2 is 1.76 bits per heavy atom. The maximum absolute atomic E-state index is 14.3. The molecule has 1 atom stereocenters. The summed E-state index contributed by atoms with van der Waals surface area (Å²) >= 11 is 1.29. The highest BCUT2D eigenvalue weighted by atomic mass is 32.1. The molecule has 1 aliphatic heterocycles. The predicted molar refractivity (Wildman–Crippen MR) is 179 cm³/mol. The first kappa shape index (κ1) is 30.7. The SMILES string of the molecule is CCN(CC)C(=O)C1=C(C)N=c2s/c(=C/c3cn(Cc4ccc([N+](=O)[O-])cc4)c4ccccc34)c(=O)n2[C@H]1c1ccccc1OC. The first-order valence-corrected chi connectivity index (χ1v) is 15.8.